The number of benzene rings is 1. The molecule has 2 rings (SSSR count). The highest BCUT2D eigenvalue weighted by atomic mass is 16.5. The first-order valence-corrected chi connectivity index (χ1v) is 5.16. The predicted octanol–water partition coefficient (Wildman–Crippen LogP) is 1.50. The van der Waals surface area contributed by atoms with Gasteiger partial charge in [0.25, 0.3) is 0 Å². The van der Waals surface area contributed by atoms with Crippen LogP contribution in [0.2, 0.25) is 0 Å². The van der Waals surface area contributed by atoms with Gasteiger partial charge < -0.3 is 10.6 Å². The third kappa shape index (κ3) is 2.28. The number of nitrogens with two attached hydrogens (primary N) is 1. The summed E-state index contributed by atoms with van der Waals surface area (Å²) in [6, 6.07) is 5.34. The van der Waals surface area contributed by atoms with Gasteiger partial charge in [-0.15, -0.1) is 0 Å². The van der Waals surface area contributed by atoms with Crippen LogP contribution >= 0.6 is 0 Å². The van der Waals surface area contributed by atoms with E-state index in [0.717, 1.165) is 11.1 Å². The summed E-state index contributed by atoms with van der Waals surface area (Å²) in [5, 5.41) is 0. The highest BCUT2D eigenvalue weighted by Crippen LogP contribution is 2.24. The van der Waals surface area contributed by atoms with Crippen LogP contribution in [0.1, 0.15) is 12.5 Å². The minimum atomic E-state index is -0.336. The molecule has 0 fully saturated rings. The van der Waals surface area contributed by atoms with Crippen molar-refractivity contribution in [3.05, 3.63) is 36.2 Å². The maximum absolute atomic E-state index is 10.8. The van der Waals surface area contributed by atoms with Gasteiger partial charge in [0.2, 0.25) is 0 Å². The molecule has 1 aromatic carbocycles. The number of nitrogens with zero attached hydrogens (tertiary/aromatic N) is 2. The average molecular weight is 231 g/mol. The molecule has 88 valence electrons. The summed E-state index contributed by atoms with van der Waals surface area (Å²) < 4.78 is 6.45. The zero-order chi connectivity index (χ0) is 12.4. The Bertz CT molecular complexity index is 561. The topological polar surface area (TPSA) is 70.1 Å². The number of hydrogen-bond donors (Lipinski definition) is 1. The number of aromatic nitrogens is 2. The fourth-order valence-electron chi connectivity index (χ4n) is 1.64. The van der Waals surface area contributed by atoms with E-state index in [-0.39, 0.29) is 5.97 Å². The van der Waals surface area contributed by atoms with Crippen molar-refractivity contribution in [2.24, 2.45) is 0 Å². The molecule has 0 saturated carbocycles. The van der Waals surface area contributed by atoms with Gasteiger partial charge in [0.05, 0.1) is 0 Å². The van der Waals surface area contributed by atoms with Gasteiger partial charge in [0.15, 0.2) is 5.82 Å². The molecular formula is C12H13N3O2. The van der Waals surface area contributed by atoms with Gasteiger partial charge in [-0.2, -0.15) is 0 Å². The molecule has 0 aliphatic heterocycles. The van der Waals surface area contributed by atoms with Crippen LogP contribution in [0.4, 0.5) is 0 Å². The lowest BCUT2D eigenvalue weighted by Gasteiger charge is -2.08. The van der Waals surface area contributed by atoms with Crippen molar-refractivity contribution in [1.82, 2.24) is 9.66 Å². The molecule has 5 nitrogen and oxygen atoms in total. The quantitative estimate of drug-likeness (QED) is 0.483. The molecule has 0 spiro atoms. The lowest BCUT2D eigenvalue weighted by molar-refractivity contribution is -0.131. The van der Waals surface area contributed by atoms with Crippen molar-refractivity contribution in [2.75, 3.05) is 5.84 Å². The highest BCUT2D eigenvalue weighted by Gasteiger charge is 2.08. The van der Waals surface area contributed by atoms with E-state index in [4.69, 9.17) is 10.6 Å². The standard InChI is InChI=1S/C12H13N3O2/c1-8-7-10(17-9(2)16)3-4-11(8)12-14-5-6-15(12)13/h3-7H,13H2,1-2H3. The van der Waals surface area contributed by atoms with Crippen molar-refractivity contribution >= 4 is 5.97 Å². The zero-order valence-corrected chi connectivity index (χ0v) is 9.68. The summed E-state index contributed by atoms with van der Waals surface area (Å²) in [4.78, 5) is 15.0. The maximum atomic E-state index is 10.8. The number of carbonyl (C=O) groups excluding carboxylic acids is 1. The number of imidazole rings is 1. The van der Waals surface area contributed by atoms with Crippen molar-refractivity contribution < 1.29 is 9.53 Å². The van der Waals surface area contributed by atoms with E-state index in [0.29, 0.717) is 11.6 Å². The van der Waals surface area contributed by atoms with Gasteiger partial charge >= 0.3 is 5.97 Å². The smallest absolute Gasteiger partial charge is 0.308 e. The summed E-state index contributed by atoms with van der Waals surface area (Å²) in [5.41, 5.74) is 1.86. The molecule has 17 heavy (non-hydrogen) atoms. The van der Waals surface area contributed by atoms with E-state index in [9.17, 15) is 4.79 Å². The number of carbonyl (C=O) groups is 1. The minimum Gasteiger partial charge on any atom is -0.427 e. The molecule has 0 aliphatic carbocycles. The van der Waals surface area contributed by atoms with Crippen LogP contribution in [-0.2, 0) is 4.79 Å². The second-order valence-corrected chi connectivity index (χ2v) is 3.73. The van der Waals surface area contributed by atoms with Gasteiger partial charge in [0, 0.05) is 24.9 Å². The number of aryl methyl sites for hydroxylation is 1. The normalized spacial score (nSPS) is 10.2. The minimum absolute atomic E-state index is 0.336. The van der Waals surface area contributed by atoms with E-state index >= 15 is 0 Å². The van der Waals surface area contributed by atoms with E-state index in [1.807, 2.05) is 13.0 Å². The number of esters is 1. The van der Waals surface area contributed by atoms with Crippen molar-refractivity contribution in [1.29, 1.82) is 0 Å². The fraction of sp³-hybridized carbons (Fsp3) is 0.167. The molecule has 5 heteroatoms. The Morgan fingerprint density at radius 1 is 1.47 bits per heavy atom. The molecule has 0 saturated heterocycles. The van der Waals surface area contributed by atoms with Crippen molar-refractivity contribution in [3.63, 3.8) is 0 Å². The molecule has 1 aromatic heterocycles. The SMILES string of the molecule is CC(=O)Oc1ccc(-c2nccn2N)c(C)c1. The van der Waals surface area contributed by atoms with E-state index in [1.54, 1.807) is 24.5 Å². The molecule has 0 amide bonds. The first-order chi connectivity index (χ1) is 8.08. The lowest BCUT2D eigenvalue weighted by Crippen LogP contribution is -2.09. The molecule has 2 aromatic rings. The summed E-state index contributed by atoms with van der Waals surface area (Å²) in [6.45, 7) is 3.28. The summed E-state index contributed by atoms with van der Waals surface area (Å²) in [7, 11) is 0. The van der Waals surface area contributed by atoms with Gasteiger partial charge in [-0.05, 0) is 30.7 Å². The molecule has 0 aliphatic rings. The molecule has 0 radical (unpaired) electrons. The molecular weight excluding hydrogens is 218 g/mol. The maximum Gasteiger partial charge on any atom is 0.308 e. The number of hydrogen-bond acceptors (Lipinski definition) is 4. The average Bonchev–Trinajstić information content (AvgIpc) is 2.64. The zero-order valence-electron chi connectivity index (χ0n) is 9.68. The van der Waals surface area contributed by atoms with Crippen LogP contribution in [0, 0.1) is 6.92 Å². The first kappa shape index (κ1) is 11.2. The Labute approximate surface area is 98.8 Å². The Kier molecular flexibility index (Phi) is 2.82. The lowest BCUT2D eigenvalue weighted by atomic mass is 10.1. The van der Waals surface area contributed by atoms with Crippen LogP contribution in [-0.4, -0.2) is 15.6 Å². The molecule has 2 N–H and O–H groups in total. The monoisotopic (exact) mass is 231 g/mol. The third-order valence-corrected chi connectivity index (χ3v) is 2.37. The largest absolute Gasteiger partial charge is 0.427 e. The molecule has 0 atom stereocenters. The van der Waals surface area contributed by atoms with Gasteiger partial charge in [-0.1, -0.05) is 0 Å². The number of rotatable bonds is 2. The van der Waals surface area contributed by atoms with Crippen LogP contribution in [0.5, 0.6) is 5.75 Å². The fourth-order valence-corrected chi connectivity index (χ4v) is 1.64. The van der Waals surface area contributed by atoms with Crippen LogP contribution in [0.3, 0.4) is 0 Å². The van der Waals surface area contributed by atoms with Crippen molar-refractivity contribution in [2.45, 2.75) is 13.8 Å². The second kappa shape index (κ2) is 4.29. The van der Waals surface area contributed by atoms with Crippen molar-refractivity contribution in [3.8, 4) is 17.1 Å². The second-order valence-electron chi connectivity index (χ2n) is 3.73. The predicted molar refractivity (Wildman–Crippen MR) is 63.9 cm³/mol. The van der Waals surface area contributed by atoms with E-state index in [2.05, 4.69) is 4.98 Å². The van der Waals surface area contributed by atoms with Crippen LogP contribution in [0.25, 0.3) is 11.4 Å². The van der Waals surface area contributed by atoms with Gasteiger partial charge in [-0.25, -0.2) is 4.98 Å². The summed E-state index contributed by atoms with van der Waals surface area (Å²) in [5.74, 6) is 6.59. The Morgan fingerprint density at radius 2 is 2.24 bits per heavy atom. The Morgan fingerprint density at radius 3 is 2.76 bits per heavy atom. The Hall–Kier alpha value is -2.30. The van der Waals surface area contributed by atoms with Gasteiger partial charge in [-0.3, -0.25) is 9.47 Å². The Balaban J connectivity index is 2.39. The molecule has 0 bridgehead atoms. The van der Waals surface area contributed by atoms with Crippen LogP contribution < -0.4 is 10.6 Å². The molecule has 1 heterocycles. The highest BCUT2D eigenvalue weighted by molar-refractivity contribution is 5.70. The van der Waals surface area contributed by atoms with Crippen LogP contribution in [0.15, 0.2) is 30.6 Å². The number of nitrogen functional groups attached to an aromatic ring is 1. The van der Waals surface area contributed by atoms with Gasteiger partial charge in [0.1, 0.15) is 5.75 Å². The van der Waals surface area contributed by atoms with E-state index < -0.39 is 0 Å². The van der Waals surface area contributed by atoms with E-state index in [1.165, 1.54) is 11.6 Å². The third-order valence-electron chi connectivity index (χ3n) is 2.37. The summed E-state index contributed by atoms with van der Waals surface area (Å²) in [6.07, 6.45) is 3.31. The first-order valence-electron chi connectivity index (χ1n) is 5.16. The summed E-state index contributed by atoms with van der Waals surface area (Å²) >= 11 is 0. The number of ether oxygens (including phenoxy) is 1. The molecule has 0 unspecified atom stereocenters.